The van der Waals surface area contributed by atoms with Crippen LogP contribution in [0.1, 0.15) is 22.8 Å². The molecule has 126 valence electrons. The second-order valence-electron chi connectivity index (χ2n) is 5.38. The SMILES string of the molecule is COC(=O)c1ccc(C)c(N[C@@H](C)C(=O)Nc2ccc(Br)cc2)c1. The Balaban J connectivity index is 2.08. The van der Waals surface area contributed by atoms with Crippen LogP contribution in [0.2, 0.25) is 0 Å². The van der Waals surface area contributed by atoms with Gasteiger partial charge in [-0.25, -0.2) is 4.79 Å². The lowest BCUT2D eigenvalue weighted by Gasteiger charge is -2.17. The molecule has 1 atom stereocenters. The molecule has 2 aromatic carbocycles. The van der Waals surface area contributed by atoms with E-state index in [2.05, 4.69) is 26.6 Å². The van der Waals surface area contributed by atoms with Gasteiger partial charge in [0, 0.05) is 15.8 Å². The van der Waals surface area contributed by atoms with Crippen molar-refractivity contribution in [2.24, 2.45) is 0 Å². The Labute approximate surface area is 149 Å². The highest BCUT2D eigenvalue weighted by molar-refractivity contribution is 9.10. The third-order valence-electron chi connectivity index (χ3n) is 3.54. The van der Waals surface area contributed by atoms with Crippen LogP contribution in [0.4, 0.5) is 11.4 Å². The lowest BCUT2D eigenvalue weighted by molar-refractivity contribution is -0.116. The van der Waals surface area contributed by atoms with Gasteiger partial charge in [0.25, 0.3) is 0 Å². The van der Waals surface area contributed by atoms with Gasteiger partial charge in [-0.3, -0.25) is 4.79 Å². The summed E-state index contributed by atoms with van der Waals surface area (Å²) in [5.41, 5.74) is 2.81. The maximum absolute atomic E-state index is 12.3. The summed E-state index contributed by atoms with van der Waals surface area (Å²) in [7, 11) is 1.34. The van der Waals surface area contributed by atoms with Gasteiger partial charge in [0.1, 0.15) is 6.04 Å². The predicted molar refractivity (Wildman–Crippen MR) is 98.4 cm³/mol. The number of aryl methyl sites for hydroxylation is 1. The van der Waals surface area contributed by atoms with Crippen LogP contribution in [0.3, 0.4) is 0 Å². The summed E-state index contributed by atoms with van der Waals surface area (Å²) in [5, 5.41) is 5.98. The average Bonchev–Trinajstić information content (AvgIpc) is 2.58. The fourth-order valence-electron chi connectivity index (χ4n) is 2.10. The van der Waals surface area contributed by atoms with E-state index in [4.69, 9.17) is 4.74 Å². The van der Waals surface area contributed by atoms with Gasteiger partial charge < -0.3 is 15.4 Å². The summed E-state index contributed by atoms with van der Waals surface area (Å²) >= 11 is 3.35. The lowest BCUT2D eigenvalue weighted by atomic mass is 10.1. The number of benzene rings is 2. The van der Waals surface area contributed by atoms with Gasteiger partial charge in [-0.05, 0) is 55.8 Å². The van der Waals surface area contributed by atoms with E-state index in [0.717, 1.165) is 21.4 Å². The number of carbonyl (C=O) groups is 2. The van der Waals surface area contributed by atoms with Crippen molar-refractivity contribution in [1.82, 2.24) is 0 Å². The number of ether oxygens (including phenoxy) is 1. The number of carbonyl (C=O) groups excluding carboxylic acids is 2. The van der Waals surface area contributed by atoms with Gasteiger partial charge in [0.15, 0.2) is 0 Å². The van der Waals surface area contributed by atoms with Gasteiger partial charge in [0.05, 0.1) is 12.7 Å². The number of hydrogen-bond acceptors (Lipinski definition) is 4. The molecule has 0 aliphatic heterocycles. The quantitative estimate of drug-likeness (QED) is 0.757. The molecule has 0 unspecified atom stereocenters. The van der Waals surface area contributed by atoms with E-state index in [1.54, 1.807) is 19.1 Å². The number of nitrogens with one attached hydrogen (secondary N) is 2. The minimum Gasteiger partial charge on any atom is -0.465 e. The van der Waals surface area contributed by atoms with Gasteiger partial charge in [-0.15, -0.1) is 0 Å². The van der Waals surface area contributed by atoms with Crippen molar-refractivity contribution in [2.45, 2.75) is 19.9 Å². The molecule has 0 saturated heterocycles. The number of halogens is 1. The van der Waals surface area contributed by atoms with E-state index in [1.165, 1.54) is 7.11 Å². The number of esters is 1. The molecule has 5 nitrogen and oxygen atoms in total. The Morgan fingerprint density at radius 3 is 2.42 bits per heavy atom. The highest BCUT2D eigenvalue weighted by Crippen LogP contribution is 2.19. The van der Waals surface area contributed by atoms with Crippen molar-refractivity contribution in [3.8, 4) is 0 Å². The molecule has 0 spiro atoms. The Morgan fingerprint density at radius 2 is 1.79 bits per heavy atom. The van der Waals surface area contributed by atoms with Crippen LogP contribution < -0.4 is 10.6 Å². The average molecular weight is 391 g/mol. The fourth-order valence-corrected chi connectivity index (χ4v) is 2.37. The molecule has 2 rings (SSSR count). The standard InChI is InChI=1S/C18H19BrN2O3/c1-11-4-5-13(18(23)24-3)10-16(11)20-12(2)17(22)21-15-8-6-14(19)7-9-15/h4-10,12,20H,1-3H3,(H,21,22)/t12-/m0/s1. The normalized spacial score (nSPS) is 11.5. The first-order chi connectivity index (χ1) is 11.4. The fraction of sp³-hybridized carbons (Fsp3) is 0.222. The van der Waals surface area contributed by atoms with Crippen molar-refractivity contribution in [3.63, 3.8) is 0 Å². The Bertz CT molecular complexity index is 744. The van der Waals surface area contributed by atoms with E-state index in [0.29, 0.717) is 5.56 Å². The van der Waals surface area contributed by atoms with Crippen LogP contribution in [0.15, 0.2) is 46.9 Å². The summed E-state index contributed by atoms with van der Waals surface area (Å²) in [4.78, 5) is 23.9. The highest BCUT2D eigenvalue weighted by atomic mass is 79.9. The second kappa shape index (κ2) is 7.97. The molecule has 0 saturated carbocycles. The van der Waals surface area contributed by atoms with Crippen molar-refractivity contribution < 1.29 is 14.3 Å². The van der Waals surface area contributed by atoms with Crippen LogP contribution >= 0.6 is 15.9 Å². The molecule has 1 amide bonds. The highest BCUT2D eigenvalue weighted by Gasteiger charge is 2.15. The number of anilines is 2. The summed E-state index contributed by atoms with van der Waals surface area (Å²) in [6.45, 7) is 3.67. The summed E-state index contributed by atoms with van der Waals surface area (Å²) in [6.07, 6.45) is 0. The number of hydrogen-bond donors (Lipinski definition) is 2. The molecular formula is C18H19BrN2O3. The molecule has 0 fully saturated rings. The Hall–Kier alpha value is -2.34. The smallest absolute Gasteiger partial charge is 0.337 e. The van der Waals surface area contributed by atoms with Gasteiger partial charge in [-0.1, -0.05) is 22.0 Å². The van der Waals surface area contributed by atoms with E-state index in [9.17, 15) is 9.59 Å². The van der Waals surface area contributed by atoms with E-state index < -0.39 is 12.0 Å². The minimum atomic E-state index is -0.472. The molecule has 6 heteroatoms. The zero-order valence-electron chi connectivity index (χ0n) is 13.7. The molecule has 2 N–H and O–H groups in total. The Morgan fingerprint density at radius 1 is 1.12 bits per heavy atom. The second-order valence-corrected chi connectivity index (χ2v) is 6.30. The number of methoxy groups -OCH3 is 1. The third-order valence-corrected chi connectivity index (χ3v) is 4.06. The minimum absolute atomic E-state index is 0.166. The Kier molecular flexibility index (Phi) is 5.98. The molecule has 0 aliphatic carbocycles. The van der Waals surface area contributed by atoms with Gasteiger partial charge in [0.2, 0.25) is 5.91 Å². The molecule has 0 aromatic heterocycles. The van der Waals surface area contributed by atoms with Crippen LogP contribution in [0, 0.1) is 6.92 Å². The first-order valence-electron chi connectivity index (χ1n) is 7.42. The van der Waals surface area contributed by atoms with Crippen molar-refractivity contribution >= 4 is 39.2 Å². The topological polar surface area (TPSA) is 67.4 Å². The molecule has 0 radical (unpaired) electrons. The molecule has 24 heavy (non-hydrogen) atoms. The zero-order valence-corrected chi connectivity index (χ0v) is 15.3. The summed E-state index contributed by atoms with van der Waals surface area (Å²) in [6, 6.07) is 12.1. The molecular weight excluding hydrogens is 372 g/mol. The monoisotopic (exact) mass is 390 g/mol. The molecule has 0 heterocycles. The summed E-state index contributed by atoms with van der Waals surface area (Å²) in [5.74, 6) is -0.579. The van der Waals surface area contributed by atoms with Crippen LogP contribution in [0.25, 0.3) is 0 Å². The predicted octanol–water partition coefficient (Wildman–Crippen LogP) is 3.98. The number of amides is 1. The largest absolute Gasteiger partial charge is 0.465 e. The summed E-state index contributed by atoms with van der Waals surface area (Å²) < 4.78 is 5.67. The lowest BCUT2D eigenvalue weighted by Crippen LogP contribution is -2.32. The van der Waals surface area contributed by atoms with E-state index in [-0.39, 0.29) is 5.91 Å². The number of rotatable bonds is 5. The van der Waals surface area contributed by atoms with Gasteiger partial charge >= 0.3 is 5.97 Å². The van der Waals surface area contributed by atoms with Crippen molar-refractivity contribution in [3.05, 3.63) is 58.1 Å². The maximum atomic E-state index is 12.3. The van der Waals surface area contributed by atoms with Crippen molar-refractivity contribution in [2.75, 3.05) is 17.7 Å². The van der Waals surface area contributed by atoms with E-state index in [1.807, 2.05) is 37.3 Å². The zero-order chi connectivity index (χ0) is 17.7. The van der Waals surface area contributed by atoms with Gasteiger partial charge in [-0.2, -0.15) is 0 Å². The maximum Gasteiger partial charge on any atom is 0.337 e. The molecule has 0 aliphatic rings. The first-order valence-corrected chi connectivity index (χ1v) is 8.22. The van der Waals surface area contributed by atoms with Crippen LogP contribution in [0.5, 0.6) is 0 Å². The molecule has 0 bridgehead atoms. The van der Waals surface area contributed by atoms with Crippen molar-refractivity contribution in [1.29, 1.82) is 0 Å². The first kappa shape index (κ1) is 18.0. The van der Waals surface area contributed by atoms with Crippen LogP contribution in [-0.2, 0) is 9.53 Å². The molecule has 2 aromatic rings. The van der Waals surface area contributed by atoms with E-state index >= 15 is 0 Å². The third kappa shape index (κ3) is 4.58. The van der Waals surface area contributed by atoms with Crippen LogP contribution in [-0.4, -0.2) is 25.0 Å².